The number of fused-ring (bicyclic) bond motifs is 3. The van der Waals surface area contributed by atoms with Crippen molar-refractivity contribution in [3.05, 3.63) is 71.3 Å². The number of carbonyl (C=O) groups is 1. The number of anilines is 1. The van der Waals surface area contributed by atoms with Crippen molar-refractivity contribution in [3.8, 4) is 0 Å². The maximum Gasteiger partial charge on any atom is 0.275 e. The molecule has 0 aliphatic carbocycles. The zero-order valence-corrected chi connectivity index (χ0v) is 18.6. The van der Waals surface area contributed by atoms with E-state index in [4.69, 9.17) is 0 Å². The van der Waals surface area contributed by atoms with Gasteiger partial charge in [0.1, 0.15) is 6.67 Å². The largest absolute Gasteiger partial charge is 0.331 e. The van der Waals surface area contributed by atoms with Crippen molar-refractivity contribution < 1.29 is 4.79 Å². The zero-order chi connectivity index (χ0) is 22.2. The minimum Gasteiger partial charge on any atom is -0.331 e. The van der Waals surface area contributed by atoms with E-state index in [0.717, 1.165) is 23.5 Å². The van der Waals surface area contributed by atoms with E-state index in [0.29, 0.717) is 18.1 Å². The van der Waals surface area contributed by atoms with E-state index >= 15 is 0 Å². The molecule has 2 aliphatic heterocycles. The Morgan fingerprint density at radius 1 is 1.09 bits per heavy atom. The van der Waals surface area contributed by atoms with Crippen molar-refractivity contribution in [3.63, 3.8) is 0 Å². The number of nitrogens with zero attached hydrogens (tertiary/aromatic N) is 3. The topological polar surface area (TPSA) is 69.1 Å². The average molecular weight is 426 g/mol. The van der Waals surface area contributed by atoms with Gasteiger partial charge in [0.05, 0.1) is 11.4 Å². The highest BCUT2D eigenvalue weighted by Gasteiger charge is 2.32. The van der Waals surface area contributed by atoms with Crippen molar-refractivity contribution in [2.24, 2.45) is 9.98 Å². The molecule has 6 nitrogen and oxygen atoms in total. The van der Waals surface area contributed by atoms with Gasteiger partial charge in [0.15, 0.2) is 11.5 Å². The number of nitrogens with one attached hydrogen (secondary N) is 2. The molecule has 3 aromatic carbocycles. The fourth-order valence-corrected chi connectivity index (χ4v) is 4.44. The molecule has 2 N–H and O–H groups in total. The minimum absolute atomic E-state index is 0.166. The Morgan fingerprint density at radius 2 is 1.88 bits per heavy atom. The first kappa shape index (κ1) is 20.4. The molecular formula is C26H27N5O. The molecule has 1 unspecified atom stereocenters. The summed E-state index contributed by atoms with van der Waals surface area (Å²) in [6, 6.07) is 19.3. The molecule has 1 atom stereocenters. The molecule has 2 aliphatic rings. The molecule has 5 rings (SSSR count). The second-order valence-electron chi connectivity index (χ2n) is 8.43. The first-order chi connectivity index (χ1) is 15.5. The highest BCUT2D eigenvalue weighted by Crippen LogP contribution is 2.36. The second-order valence-corrected chi connectivity index (χ2v) is 8.43. The molecule has 0 spiro atoms. The molecule has 3 aromatic rings. The summed E-state index contributed by atoms with van der Waals surface area (Å²) >= 11 is 0. The van der Waals surface area contributed by atoms with E-state index in [1.165, 1.54) is 21.9 Å². The molecule has 6 heteroatoms. The van der Waals surface area contributed by atoms with E-state index in [1.54, 1.807) is 0 Å². The van der Waals surface area contributed by atoms with Gasteiger partial charge in [-0.3, -0.25) is 4.79 Å². The van der Waals surface area contributed by atoms with E-state index in [9.17, 15) is 4.79 Å². The van der Waals surface area contributed by atoms with Gasteiger partial charge < -0.3 is 15.5 Å². The van der Waals surface area contributed by atoms with E-state index in [-0.39, 0.29) is 18.6 Å². The summed E-state index contributed by atoms with van der Waals surface area (Å²) in [5.41, 5.74) is 5.86. The summed E-state index contributed by atoms with van der Waals surface area (Å²) in [5.74, 6) is 0.491. The van der Waals surface area contributed by atoms with Gasteiger partial charge in [0, 0.05) is 19.1 Å². The van der Waals surface area contributed by atoms with Crippen molar-refractivity contribution in [2.45, 2.75) is 26.8 Å². The van der Waals surface area contributed by atoms with Crippen LogP contribution in [-0.4, -0.2) is 37.2 Å². The first-order valence-corrected chi connectivity index (χ1v) is 11.0. The normalized spacial score (nSPS) is 16.1. The maximum absolute atomic E-state index is 12.5. The number of amidine groups is 1. The van der Waals surface area contributed by atoms with Gasteiger partial charge in [0.25, 0.3) is 5.91 Å². The predicted octanol–water partition coefficient (Wildman–Crippen LogP) is 4.19. The van der Waals surface area contributed by atoms with Crippen LogP contribution in [0.1, 0.15) is 29.7 Å². The van der Waals surface area contributed by atoms with Crippen LogP contribution in [0.15, 0.2) is 64.6 Å². The molecular weight excluding hydrogens is 398 g/mol. The SMILES string of the molecule is Cc1cc2c(cc1C)N(CCNC(C)c1cccc3ccccc13)C1=NCNC(=O)C1=N2. The van der Waals surface area contributed by atoms with Crippen molar-refractivity contribution in [2.75, 3.05) is 24.7 Å². The highest BCUT2D eigenvalue weighted by molar-refractivity contribution is 6.70. The van der Waals surface area contributed by atoms with E-state index in [1.807, 2.05) is 0 Å². The minimum atomic E-state index is -0.166. The summed E-state index contributed by atoms with van der Waals surface area (Å²) in [6.07, 6.45) is 0. The zero-order valence-electron chi connectivity index (χ0n) is 18.6. The first-order valence-electron chi connectivity index (χ1n) is 11.0. The number of amides is 1. The lowest BCUT2D eigenvalue weighted by Crippen LogP contribution is -2.51. The molecule has 0 bridgehead atoms. The fraction of sp³-hybridized carbons (Fsp3) is 0.269. The lowest BCUT2D eigenvalue weighted by molar-refractivity contribution is -0.114. The summed E-state index contributed by atoms with van der Waals surface area (Å²) < 4.78 is 0. The van der Waals surface area contributed by atoms with Gasteiger partial charge in [-0.15, -0.1) is 0 Å². The third-order valence-corrected chi connectivity index (χ3v) is 6.34. The standard InChI is InChI=1S/C26H27N5O/c1-16-13-22-23(14-17(16)2)31(25-24(30-22)26(32)29-15-28-25)12-11-27-18(3)20-10-6-8-19-7-4-5-9-21(19)20/h4-10,13-14,18,27H,11-12,15H2,1-3H3,(H,29,32). The monoisotopic (exact) mass is 425 g/mol. The summed E-state index contributed by atoms with van der Waals surface area (Å²) in [7, 11) is 0. The van der Waals surface area contributed by atoms with Gasteiger partial charge in [0.2, 0.25) is 0 Å². The molecule has 0 radical (unpaired) electrons. The third-order valence-electron chi connectivity index (χ3n) is 6.34. The molecule has 2 heterocycles. The lowest BCUT2D eigenvalue weighted by atomic mass is 10.00. The molecule has 1 amide bonds. The smallest absolute Gasteiger partial charge is 0.275 e. The summed E-state index contributed by atoms with van der Waals surface area (Å²) in [4.78, 5) is 23.8. The number of aryl methyl sites for hydroxylation is 2. The Morgan fingerprint density at radius 3 is 2.75 bits per heavy atom. The Bertz CT molecular complexity index is 1270. The van der Waals surface area contributed by atoms with E-state index in [2.05, 4.69) is 101 Å². The predicted molar refractivity (Wildman–Crippen MR) is 131 cm³/mol. The van der Waals surface area contributed by atoms with Gasteiger partial charge >= 0.3 is 0 Å². The number of hydrogen-bond donors (Lipinski definition) is 2. The van der Waals surface area contributed by atoms with Crippen molar-refractivity contribution >= 4 is 39.6 Å². The van der Waals surface area contributed by atoms with Crippen LogP contribution in [0.4, 0.5) is 11.4 Å². The van der Waals surface area contributed by atoms with Gasteiger partial charge in [-0.2, -0.15) is 0 Å². The van der Waals surface area contributed by atoms with Crippen molar-refractivity contribution in [1.82, 2.24) is 10.6 Å². The number of rotatable bonds is 5. The molecule has 0 saturated carbocycles. The Kier molecular flexibility index (Phi) is 5.23. The number of carbonyl (C=O) groups excluding carboxylic acids is 1. The molecule has 0 fully saturated rings. The van der Waals surface area contributed by atoms with Crippen LogP contribution in [0.25, 0.3) is 10.8 Å². The van der Waals surface area contributed by atoms with Gasteiger partial charge in [-0.05, 0) is 60.4 Å². The quantitative estimate of drug-likeness (QED) is 0.644. The van der Waals surface area contributed by atoms with Crippen LogP contribution in [0.5, 0.6) is 0 Å². The summed E-state index contributed by atoms with van der Waals surface area (Å²) in [6.45, 7) is 8.07. The van der Waals surface area contributed by atoms with Crippen LogP contribution in [0.2, 0.25) is 0 Å². The van der Waals surface area contributed by atoms with Crippen LogP contribution in [0, 0.1) is 13.8 Å². The Hall–Kier alpha value is -3.51. The van der Waals surface area contributed by atoms with Crippen LogP contribution < -0.4 is 15.5 Å². The highest BCUT2D eigenvalue weighted by atomic mass is 16.2. The number of benzene rings is 3. The molecule has 0 saturated heterocycles. The van der Waals surface area contributed by atoms with Crippen LogP contribution in [-0.2, 0) is 4.79 Å². The van der Waals surface area contributed by atoms with Crippen LogP contribution in [0.3, 0.4) is 0 Å². The number of hydrogen-bond acceptors (Lipinski definition) is 5. The van der Waals surface area contributed by atoms with Crippen molar-refractivity contribution in [1.29, 1.82) is 0 Å². The summed E-state index contributed by atoms with van der Waals surface area (Å²) in [5, 5.41) is 8.96. The maximum atomic E-state index is 12.5. The van der Waals surface area contributed by atoms with Gasteiger partial charge in [-0.1, -0.05) is 42.5 Å². The van der Waals surface area contributed by atoms with Crippen LogP contribution >= 0.6 is 0 Å². The molecule has 0 aromatic heterocycles. The average Bonchev–Trinajstić information content (AvgIpc) is 2.80. The lowest BCUT2D eigenvalue weighted by Gasteiger charge is -2.34. The number of aliphatic imine (C=N–C) groups is 2. The fourth-order valence-electron chi connectivity index (χ4n) is 4.44. The Labute approximate surface area is 188 Å². The third kappa shape index (κ3) is 3.56. The Balaban J connectivity index is 1.40. The van der Waals surface area contributed by atoms with E-state index < -0.39 is 0 Å². The molecule has 162 valence electrons. The van der Waals surface area contributed by atoms with Gasteiger partial charge in [-0.25, -0.2) is 9.98 Å². The molecule has 32 heavy (non-hydrogen) atoms. The second kappa shape index (κ2) is 8.20.